The molecule has 2 rings (SSSR count). The van der Waals surface area contributed by atoms with Crippen LogP contribution in [-0.4, -0.2) is 12.5 Å². The van der Waals surface area contributed by atoms with Gasteiger partial charge in [-0.25, -0.2) is 0 Å². The average molecular weight is 186 g/mol. The lowest BCUT2D eigenvalue weighted by Crippen LogP contribution is -2.13. The zero-order valence-corrected chi connectivity index (χ0v) is 7.10. The van der Waals surface area contributed by atoms with Crippen molar-refractivity contribution in [2.45, 2.75) is 12.3 Å². The Morgan fingerprint density at radius 1 is 1.58 bits per heavy atom. The maximum Gasteiger partial charge on any atom is 0.220 e. The van der Waals surface area contributed by atoms with Crippen LogP contribution in [0.2, 0.25) is 5.22 Å². The molecular formula is C8H8ClNO2. The lowest BCUT2D eigenvalue weighted by atomic mass is 10.1. The minimum atomic E-state index is 0.0764. The summed E-state index contributed by atoms with van der Waals surface area (Å²) >= 11 is 5.60. The number of nitrogens with one attached hydrogen (secondary N) is 1. The van der Waals surface area contributed by atoms with E-state index in [9.17, 15) is 4.79 Å². The number of furan rings is 1. The molecule has 1 saturated heterocycles. The topological polar surface area (TPSA) is 42.2 Å². The largest absolute Gasteiger partial charge is 0.449 e. The smallest absolute Gasteiger partial charge is 0.220 e. The van der Waals surface area contributed by atoms with Gasteiger partial charge in [0.25, 0.3) is 0 Å². The predicted molar refractivity (Wildman–Crippen MR) is 44.1 cm³/mol. The van der Waals surface area contributed by atoms with Crippen LogP contribution < -0.4 is 5.32 Å². The van der Waals surface area contributed by atoms with Gasteiger partial charge in [-0.3, -0.25) is 4.79 Å². The molecule has 1 aromatic rings. The Morgan fingerprint density at radius 3 is 2.92 bits per heavy atom. The number of rotatable bonds is 1. The second kappa shape index (κ2) is 2.83. The van der Waals surface area contributed by atoms with E-state index in [0.29, 0.717) is 18.2 Å². The molecule has 0 saturated carbocycles. The molecule has 1 atom stereocenters. The van der Waals surface area contributed by atoms with Crippen molar-refractivity contribution in [3.8, 4) is 0 Å². The van der Waals surface area contributed by atoms with E-state index >= 15 is 0 Å². The molecule has 1 aromatic heterocycles. The molecule has 1 N–H and O–H groups in total. The fourth-order valence-electron chi connectivity index (χ4n) is 1.35. The average Bonchev–Trinajstić information content (AvgIpc) is 2.58. The molecule has 0 aliphatic carbocycles. The van der Waals surface area contributed by atoms with Crippen molar-refractivity contribution in [1.82, 2.24) is 5.32 Å². The van der Waals surface area contributed by atoms with Gasteiger partial charge in [0.1, 0.15) is 5.76 Å². The van der Waals surface area contributed by atoms with E-state index in [1.54, 1.807) is 6.07 Å². The first-order chi connectivity index (χ1) is 5.75. The maximum absolute atomic E-state index is 10.8. The van der Waals surface area contributed by atoms with Crippen LogP contribution in [0.15, 0.2) is 16.5 Å². The highest BCUT2D eigenvalue weighted by atomic mass is 35.5. The van der Waals surface area contributed by atoms with Crippen LogP contribution in [-0.2, 0) is 4.79 Å². The van der Waals surface area contributed by atoms with E-state index in [2.05, 4.69) is 5.32 Å². The summed E-state index contributed by atoms with van der Waals surface area (Å²) in [6, 6.07) is 3.51. The van der Waals surface area contributed by atoms with E-state index in [4.69, 9.17) is 16.0 Å². The Bertz CT molecular complexity index is 308. The summed E-state index contributed by atoms with van der Waals surface area (Å²) < 4.78 is 5.19. The summed E-state index contributed by atoms with van der Waals surface area (Å²) in [5, 5.41) is 3.11. The molecule has 2 heterocycles. The molecule has 64 valence electrons. The molecule has 3 nitrogen and oxygen atoms in total. The molecule has 1 aliphatic rings. The second-order valence-corrected chi connectivity index (χ2v) is 3.22. The molecule has 1 unspecified atom stereocenters. The van der Waals surface area contributed by atoms with Gasteiger partial charge in [-0.15, -0.1) is 0 Å². The van der Waals surface area contributed by atoms with Crippen molar-refractivity contribution in [2.24, 2.45) is 0 Å². The minimum Gasteiger partial charge on any atom is -0.449 e. The summed E-state index contributed by atoms with van der Waals surface area (Å²) in [7, 11) is 0. The highest BCUT2D eigenvalue weighted by molar-refractivity contribution is 6.28. The summed E-state index contributed by atoms with van der Waals surface area (Å²) in [4.78, 5) is 10.8. The van der Waals surface area contributed by atoms with E-state index in [1.165, 1.54) is 0 Å². The fraction of sp³-hybridized carbons (Fsp3) is 0.375. The van der Waals surface area contributed by atoms with Gasteiger partial charge in [-0.2, -0.15) is 0 Å². The van der Waals surface area contributed by atoms with Gasteiger partial charge in [0.05, 0.1) is 0 Å². The summed E-state index contributed by atoms with van der Waals surface area (Å²) in [6.07, 6.45) is 0.504. The van der Waals surface area contributed by atoms with Crippen molar-refractivity contribution in [1.29, 1.82) is 0 Å². The highest BCUT2D eigenvalue weighted by Gasteiger charge is 2.25. The quantitative estimate of drug-likeness (QED) is 0.721. The zero-order chi connectivity index (χ0) is 8.55. The molecule has 4 heteroatoms. The Balaban J connectivity index is 2.15. The Kier molecular flexibility index (Phi) is 1.81. The molecule has 0 bridgehead atoms. The van der Waals surface area contributed by atoms with Crippen LogP contribution in [0.1, 0.15) is 18.1 Å². The van der Waals surface area contributed by atoms with Crippen molar-refractivity contribution < 1.29 is 9.21 Å². The summed E-state index contributed by atoms with van der Waals surface area (Å²) in [6.45, 7) is 0.655. The lowest BCUT2D eigenvalue weighted by Gasteiger charge is -2.00. The van der Waals surface area contributed by atoms with Crippen LogP contribution in [0.25, 0.3) is 0 Å². The molecule has 1 fully saturated rings. The number of hydrogen-bond acceptors (Lipinski definition) is 2. The van der Waals surface area contributed by atoms with Crippen LogP contribution in [0.5, 0.6) is 0 Å². The first kappa shape index (κ1) is 7.68. The van der Waals surface area contributed by atoms with Crippen molar-refractivity contribution in [3.63, 3.8) is 0 Å². The number of halogens is 1. The van der Waals surface area contributed by atoms with Crippen molar-refractivity contribution in [2.75, 3.05) is 6.54 Å². The van der Waals surface area contributed by atoms with Crippen LogP contribution in [0.3, 0.4) is 0 Å². The number of carbonyl (C=O) groups is 1. The molecule has 0 spiro atoms. The number of hydrogen-bond donors (Lipinski definition) is 1. The first-order valence-electron chi connectivity index (χ1n) is 3.77. The van der Waals surface area contributed by atoms with Crippen molar-refractivity contribution in [3.05, 3.63) is 23.1 Å². The van der Waals surface area contributed by atoms with Gasteiger partial charge >= 0.3 is 0 Å². The van der Waals surface area contributed by atoms with E-state index in [1.807, 2.05) is 6.07 Å². The summed E-state index contributed by atoms with van der Waals surface area (Å²) in [5.41, 5.74) is 0. The monoisotopic (exact) mass is 185 g/mol. The van der Waals surface area contributed by atoms with Crippen LogP contribution in [0.4, 0.5) is 0 Å². The molecule has 0 radical (unpaired) electrons. The second-order valence-electron chi connectivity index (χ2n) is 2.85. The zero-order valence-electron chi connectivity index (χ0n) is 6.34. The molecular weight excluding hydrogens is 178 g/mol. The van der Waals surface area contributed by atoms with Gasteiger partial charge in [0.15, 0.2) is 5.22 Å². The van der Waals surface area contributed by atoms with E-state index in [0.717, 1.165) is 5.76 Å². The minimum absolute atomic E-state index is 0.0764. The third-order valence-corrected chi connectivity index (χ3v) is 2.18. The third kappa shape index (κ3) is 1.32. The highest BCUT2D eigenvalue weighted by Crippen LogP contribution is 2.26. The first-order valence-corrected chi connectivity index (χ1v) is 4.15. The van der Waals surface area contributed by atoms with Gasteiger partial charge < -0.3 is 9.73 Å². The SMILES string of the molecule is O=C1CC(c2ccc(Cl)o2)CN1. The summed E-state index contributed by atoms with van der Waals surface area (Å²) in [5.74, 6) is 1.02. The molecule has 12 heavy (non-hydrogen) atoms. The lowest BCUT2D eigenvalue weighted by molar-refractivity contribution is -0.119. The van der Waals surface area contributed by atoms with Crippen molar-refractivity contribution >= 4 is 17.5 Å². The molecule has 1 amide bonds. The van der Waals surface area contributed by atoms with Gasteiger partial charge in [-0.1, -0.05) is 0 Å². The predicted octanol–water partition coefficient (Wildman–Crippen LogP) is 1.54. The normalized spacial score (nSPS) is 22.8. The number of carbonyl (C=O) groups excluding carboxylic acids is 1. The van der Waals surface area contributed by atoms with Crippen LogP contribution >= 0.6 is 11.6 Å². The number of amides is 1. The fourth-order valence-corrected chi connectivity index (χ4v) is 1.51. The van der Waals surface area contributed by atoms with Crippen LogP contribution in [0, 0.1) is 0 Å². The molecule has 1 aliphatic heterocycles. The van der Waals surface area contributed by atoms with Gasteiger partial charge in [-0.05, 0) is 23.7 Å². The Morgan fingerprint density at radius 2 is 2.42 bits per heavy atom. The van der Waals surface area contributed by atoms with E-state index in [-0.39, 0.29) is 11.8 Å². The van der Waals surface area contributed by atoms with E-state index < -0.39 is 0 Å². The maximum atomic E-state index is 10.8. The Labute approximate surface area is 74.7 Å². The standard InChI is InChI=1S/C8H8ClNO2/c9-7-2-1-6(12-7)5-3-8(11)10-4-5/h1-2,5H,3-4H2,(H,10,11). The van der Waals surface area contributed by atoms with Gasteiger partial charge in [0, 0.05) is 18.9 Å². The Hall–Kier alpha value is -0.960. The molecule has 0 aromatic carbocycles. The third-order valence-electron chi connectivity index (χ3n) is 1.97. The van der Waals surface area contributed by atoms with Gasteiger partial charge in [0.2, 0.25) is 5.91 Å².